The number of rotatable bonds is 6. The molecule has 0 bridgehead atoms. The minimum Gasteiger partial charge on any atom is -0.497 e. The third-order valence-electron chi connectivity index (χ3n) is 3.59. The molecule has 2 amide bonds. The van der Waals surface area contributed by atoms with Crippen molar-refractivity contribution in [1.29, 1.82) is 0 Å². The van der Waals surface area contributed by atoms with E-state index in [1.54, 1.807) is 26.4 Å². The molecule has 23 heavy (non-hydrogen) atoms. The van der Waals surface area contributed by atoms with Crippen LogP contribution >= 0.6 is 0 Å². The molecule has 0 heterocycles. The maximum atomic E-state index is 12.2. The van der Waals surface area contributed by atoms with E-state index in [0.29, 0.717) is 11.4 Å². The van der Waals surface area contributed by atoms with Gasteiger partial charge in [-0.15, -0.1) is 0 Å². The van der Waals surface area contributed by atoms with Crippen LogP contribution in [-0.4, -0.2) is 20.3 Å². The summed E-state index contributed by atoms with van der Waals surface area (Å²) in [4.78, 5) is 12.2. The molecule has 0 spiro atoms. The van der Waals surface area contributed by atoms with Crippen molar-refractivity contribution in [3.05, 3.63) is 54.1 Å². The van der Waals surface area contributed by atoms with Crippen LogP contribution in [0.5, 0.6) is 11.5 Å². The first kappa shape index (κ1) is 16.7. The van der Waals surface area contributed by atoms with Gasteiger partial charge in [0.2, 0.25) is 0 Å². The zero-order chi connectivity index (χ0) is 16.7. The number of carbonyl (C=O) groups excluding carboxylic acids is 1. The molecule has 0 aliphatic heterocycles. The molecule has 0 fully saturated rings. The first-order valence-electron chi connectivity index (χ1n) is 7.52. The van der Waals surface area contributed by atoms with Gasteiger partial charge in [-0.25, -0.2) is 4.79 Å². The van der Waals surface area contributed by atoms with Gasteiger partial charge in [-0.2, -0.15) is 0 Å². The third-order valence-corrected chi connectivity index (χ3v) is 3.59. The van der Waals surface area contributed by atoms with Gasteiger partial charge in [-0.1, -0.05) is 31.2 Å². The zero-order valence-corrected chi connectivity index (χ0v) is 13.6. The van der Waals surface area contributed by atoms with Gasteiger partial charge in [0, 0.05) is 0 Å². The third kappa shape index (κ3) is 4.39. The molecule has 0 aliphatic rings. The Bertz CT molecular complexity index is 641. The summed E-state index contributed by atoms with van der Waals surface area (Å²) in [7, 11) is 3.20. The van der Waals surface area contributed by atoms with Gasteiger partial charge < -0.3 is 20.1 Å². The van der Waals surface area contributed by atoms with Crippen molar-refractivity contribution >= 4 is 11.7 Å². The summed E-state index contributed by atoms with van der Waals surface area (Å²) >= 11 is 0. The number of nitrogens with one attached hydrogen (secondary N) is 2. The standard InChI is InChI=1S/C18H22N2O3/c1-4-15(13-9-11-14(22-2)12-10-13)19-18(21)20-16-7-5-6-8-17(16)23-3/h5-12,15H,4H2,1-3H3,(H2,19,20,21). The first-order chi connectivity index (χ1) is 11.2. The predicted molar refractivity (Wildman–Crippen MR) is 91.2 cm³/mol. The number of para-hydroxylation sites is 2. The van der Waals surface area contributed by atoms with Crippen LogP contribution in [0.4, 0.5) is 10.5 Å². The lowest BCUT2D eigenvalue weighted by Crippen LogP contribution is -2.32. The van der Waals surface area contributed by atoms with Gasteiger partial charge in [0.1, 0.15) is 11.5 Å². The monoisotopic (exact) mass is 314 g/mol. The molecular formula is C18H22N2O3. The SMILES string of the molecule is CCC(NC(=O)Nc1ccccc1OC)c1ccc(OC)cc1. The van der Waals surface area contributed by atoms with E-state index in [1.807, 2.05) is 43.3 Å². The molecule has 0 saturated heterocycles. The van der Waals surface area contributed by atoms with Gasteiger partial charge in [0.05, 0.1) is 25.9 Å². The summed E-state index contributed by atoms with van der Waals surface area (Å²) < 4.78 is 10.4. The maximum Gasteiger partial charge on any atom is 0.319 e. The van der Waals surface area contributed by atoms with Crippen molar-refractivity contribution < 1.29 is 14.3 Å². The number of hydrogen-bond donors (Lipinski definition) is 2. The van der Waals surface area contributed by atoms with Crippen LogP contribution in [-0.2, 0) is 0 Å². The molecule has 5 heteroatoms. The van der Waals surface area contributed by atoms with Crippen molar-refractivity contribution in [3.63, 3.8) is 0 Å². The lowest BCUT2D eigenvalue weighted by molar-refractivity contribution is 0.248. The Morgan fingerprint density at radius 3 is 2.35 bits per heavy atom. The number of carbonyl (C=O) groups is 1. The highest BCUT2D eigenvalue weighted by Gasteiger charge is 2.14. The average Bonchev–Trinajstić information content (AvgIpc) is 2.60. The van der Waals surface area contributed by atoms with E-state index in [9.17, 15) is 4.79 Å². The molecule has 0 aromatic heterocycles. The molecule has 5 nitrogen and oxygen atoms in total. The van der Waals surface area contributed by atoms with E-state index >= 15 is 0 Å². The Hall–Kier alpha value is -2.69. The van der Waals surface area contributed by atoms with E-state index in [4.69, 9.17) is 9.47 Å². The maximum absolute atomic E-state index is 12.2. The molecule has 122 valence electrons. The topological polar surface area (TPSA) is 59.6 Å². The molecular weight excluding hydrogens is 292 g/mol. The van der Waals surface area contributed by atoms with Crippen molar-refractivity contribution in [2.24, 2.45) is 0 Å². The van der Waals surface area contributed by atoms with Crippen LogP contribution < -0.4 is 20.1 Å². The average molecular weight is 314 g/mol. The normalized spacial score (nSPS) is 11.4. The second-order valence-electron chi connectivity index (χ2n) is 5.03. The number of anilines is 1. The van der Waals surface area contributed by atoms with E-state index < -0.39 is 0 Å². The molecule has 1 unspecified atom stereocenters. The number of amides is 2. The smallest absolute Gasteiger partial charge is 0.319 e. The van der Waals surface area contributed by atoms with Gasteiger partial charge in [0.15, 0.2) is 0 Å². The zero-order valence-electron chi connectivity index (χ0n) is 13.6. The first-order valence-corrected chi connectivity index (χ1v) is 7.52. The van der Waals surface area contributed by atoms with Crippen molar-refractivity contribution in [3.8, 4) is 11.5 Å². The fourth-order valence-corrected chi connectivity index (χ4v) is 2.32. The Kier molecular flexibility index (Phi) is 5.86. The molecule has 0 radical (unpaired) electrons. The summed E-state index contributed by atoms with van der Waals surface area (Å²) in [5, 5.41) is 5.79. The predicted octanol–water partition coefficient (Wildman–Crippen LogP) is 3.98. The highest BCUT2D eigenvalue weighted by Crippen LogP contribution is 2.24. The Morgan fingerprint density at radius 1 is 1.04 bits per heavy atom. The second-order valence-corrected chi connectivity index (χ2v) is 5.03. The van der Waals surface area contributed by atoms with Crippen molar-refractivity contribution in [2.75, 3.05) is 19.5 Å². The second kappa shape index (κ2) is 8.08. The largest absolute Gasteiger partial charge is 0.497 e. The van der Waals surface area contributed by atoms with E-state index in [-0.39, 0.29) is 12.1 Å². The van der Waals surface area contributed by atoms with Crippen LogP contribution in [0.2, 0.25) is 0 Å². The van der Waals surface area contributed by atoms with Crippen LogP contribution in [0.1, 0.15) is 24.9 Å². The van der Waals surface area contributed by atoms with Gasteiger partial charge in [-0.05, 0) is 36.2 Å². The van der Waals surface area contributed by atoms with Crippen LogP contribution in [0.3, 0.4) is 0 Å². The molecule has 2 aromatic rings. The highest BCUT2D eigenvalue weighted by atomic mass is 16.5. The summed E-state index contributed by atoms with van der Waals surface area (Å²) in [6, 6.07) is 14.6. The molecule has 0 saturated carbocycles. The fraction of sp³-hybridized carbons (Fsp3) is 0.278. The number of benzene rings is 2. The van der Waals surface area contributed by atoms with Crippen molar-refractivity contribution in [1.82, 2.24) is 5.32 Å². The summed E-state index contributed by atoms with van der Waals surface area (Å²) in [5.41, 5.74) is 1.67. The molecule has 1 atom stereocenters. The van der Waals surface area contributed by atoms with Gasteiger partial charge in [-0.3, -0.25) is 0 Å². The molecule has 2 rings (SSSR count). The number of methoxy groups -OCH3 is 2. The number of hydrogen-bond acceptors (Lipinski definition) is 3. The fourth-order valence-electron chi connectivity index (χ4n) is 2.32. The van der Waals surface area contributed by atoms with Crippen molar-refractivity contribution in [2.45, 2.75) is 19.4 Å². The van der Waals surface area contributed by atoms with E-state index in [0.717, 1.165) is 17.7 Å². The Balaban J connectivity index is 2.04. The molecule has 2 aromatic carbocycles. The minimum atomic E-state index is -0.267. The van der Waals surface area contributed by atoms with Gasteiger partial charge >= 0.3 is 6.03 Å². The van der Waals surface area contributed by atoms with Gasteiger partial charge in [0.25, 0.3) is 0 Å². The van der Waals surface area contributed by atoms with Crippen LogP contribution in [0, 0.1) is 0 Å². The number of urea groups is 1. The summed E-state index contributed by atoms with van der Waals surface area (Å²) in [6.45, 7) is 2.03. The lowest BCUT2D eigenvalue weighted by atomic mass is 10.0. The summed E-state index contributed by atoms with van der Waals surface area (Å²) in [5.74, 6) is 1.42. The van der Waals surface area contributed by atoms with E-state index in [2.05, 4.69) is 10.6 Å². The lowest BCUT2D eigenvalue weighted by Gasteiger charge is -2.19. The number of ether oxygens (including phenoxy) is 2. The Morgan fingerprint density at radius 2 is 1.74 bits per heavy atom. The minimum absolute atomic E-state index is 0.0735. The molecule has 2 N–H and O–H groups in total. The molecule has 0 aliphatic carbocycles. The highest BCUT2D eigenvalue weighted by molar-refractivity contribution is 5.91. The quantitative estimate of drug-likeness (QED) is 0.848. The van der Waals surface area contributed by atoms with Crippen LogP contribution in [0.15, 0.2) is 48.5 Å². The summed E-state index contributed by atoms with van der Waals surface area (Å²) in [6.07, 6.45) is 0.783. The van der Waals surface area contributed by atoms with E-state index in [1.165, 1.54) is 0 Å². The Labute approximate surface area is 136 Å². The van der Waals surface area contributed by atoms with Crippen LogP contribution in [0.25, 0.3) is 0 Å².